The number of carbonyl (C=O) groups is 1. The van der Waals surface area contributed by atoms with Crippen molar-refractivity contribution in [1.82, 2.24) is 9.88 Å². The minimum absolute atomic E-state index is 0.112. The number of benzene rings is 3. The van der Waals surface area contributed by atoms with Gasteiger partial charge in [0.1, 0.15) is 18.5 Å². The molecule has 1 heterocycles. The number of nitrogens with one attached hydrogen (secondary N) is 1. The Bertz CT molecular complexity index is 1440. The van der Waals surface area contributed by atoms with Crippen LogP contribution >= 0.6 is 0 Å². The van der Waals surface area contributed by atoms with Crippen molar-refractivity contribution in [3.63, 3.8) is 0 Å². The van der Waals surface area contributed by atoms with Crippen molar-refractivity contribution < 1.29 is 28.8 Å². The Morgan fingerprint density at radius 1 is 0.975 bits per heavy atom. The summed E-state index contributed by atoms with van der Waals surface area (Å²) >= 11 is 0. The molecule has 0 unspecified atom stereocenters. The molecule has 0 aliphatic rings. The molecule has 0 saturated carbocycles. The minimum Gasteiger partial charge on any atom is -0.493 e. The number of aromatic nitrogens is 1. The molecule has 8 nitrogen and oxygen atoms in total. The lowest BCUT2D eigenvalue weighted by Gasteiger charge is -2.14. The number of hydrogen-bond acceptors (Lipinski definition) is 7. The van der Waals surface area contributed by atoms with E-state index in [-0.39, 0.29) is 19.2 Å². The lowest BCUT2D eigenvalue weighted by atomic mass is 10.1. The minimum atomic E-state index is -0.704. The van der Waals surface area contributed by atoms with Crippen LogP contribution in [0.25, 0.3) is 16.6 Å². The Labute approximate surface area is 235 Å². The number of rotatable bonds is 13. The molecule has 1 aromatic heterocycles. The van der Waals surface area contributed by atoms with Gasteiger partial charge in [-0.05, 0) is 81.8 Å². The molecule has 3 aromatic carbocycles. The van der Waals surface area contributed by atoms with Crippen LogP contribution in [-0.2, 0) is 11.2 Å². The number of aryl methyl sites for hydroxylation is 1. The van der Waals surface area contributed by atoms with Crippen molar-refractivity contribution in [2.24, 2.45) is 0 Å². The second-order valence-electron chi connectivity index (χ2n) is 9.64. The Morgan fingerprint density at radius 2 is 1.73 bits per heavy atom. The van der Waals surface area contributed by atoms with Gasteiger partial charge >= 0.3 is 5.97 Å². The van der Waals surface area contributed by atoms with Crippen LogP contribution in [0.3, 0.4) is 0 Å². The lowest BCUT2D eigenvalue weighted by Crippen LogP contribution is -2.32. The normalized spacial score (nSPS) is 11.8. The number of aliphatic hydroxyl groups is 1. The molecule has 0 radical (unpaired) electrons. The van der Waals surface area contributed by atoms with Gasteiger partial charge in [-0.2, -0.15) is 0 Å². The van der Waals surface area contributed by atoms with Crippen LogP contribution in [0.4, 0.5) is 0 Å². The second-order valence-corrected chi connectivity index (χ2v) is 9.64. The number of nitrogens with zero attached hydrogens (tertiary/aromatic N) is 1. The second kappa shape index (κ2) is 13.4. The molecule has 0 aliphatic carbocycles. The average Bonchev–Trinajstić information content (AvgIpc) is 3.25. The smallest absolute Gasteiger partial charge is 0.340 e. The third-order valence-corrected chi connectivity index (χ3v) is 6.81. The van der Waals surface area contributed by atoms with Crippen molar-refractivity contribution in [3.8, 4) is 22.9 Å². The van der Waals surface area contributed by atoms with Crippen molar-refractivity contribution in [2.75, 3.05) is 40.5 Å². The molecule has 8 heteroatoms. The van der Waals surface area contributed by atoms with Crippen molar-refractivity contribution in [3.05, 3.63) is 83.0 Å². The zero-order chi connectivity index (χ0) is 28.6. The molecule has 0 fully saturated rings. The van der Waals surface area contributed by atoms with E-state index in [1.54, 1.807) is 21.1 Å². The maximum atomic E-state index is 12.9. The molecule has 4 aromatic rings. The first-order valence-corrected chi connectivity index (χ1v) is 13.5. The molecule has 0 spiro atoms. The van der Waals surface area contributed by atoms with E-state index in [0.717, 1.165) is 39.8 Å². The molecular formula is C32H38N2O6. The number of aliphatic hydroxyl groups excluding tert-OH is 1. The number of methoxy groups -OCH3 is 2. The van der Waals surface area contributed by atoms with Crippen LogP contribution in [0.2, 0.25) is 0 Å². The zero-order valence-corrected chi connectivity index (χ0v) is 23.8. The molecule has 0 saturated heterocycles. The Kier molecular flexibility index (Phi) is 9.69. The Balaban J connectivity index is 1.41. The van der Waals surface area contributed by atoms with Crippen molar-refractivity contribution in [1.29, 1.82) is 0 Å². The highest BCUT2D eigenvalue weighted by Gasteiger charge is 2.22. The highest BCUT2D eigenvalue weighted by atomic mass is 16.5. The summed E-state index contributed by atoms with van der Waals surface area (Å²) in [5.74, 6) is 1.59. The Morgan fingerprint density at radius 3 is 2.42 bits per heavy atom. The molecular weight excluding hydrogens is 508 g/mol. The van der Waals surface area contributed by atoms with Crippen LogP contribution in [0.15, 0.2) is 60.7 Å². The van der Waals surface area contributed by atoms with Gasteiger partial charge in [-0.25, -0.2) is 4.79 Å². The predicted molar refractivity (Wildman–Crippen MR) is 156 cm³/mol. The summed E-state index contributed by atoms with van der Waals surface area (Å²) in [5.41, 5.74) is 5.43. The number of ether oxygens (including phenoxy) is 4. The first kappa shape index (κ1) is 29.0. The van der Waals surface area contributed by atoms with Gasteiger partial charge in [0.2, 0.25) is 0 Å². The summed E-state index contributed by atoms with van der Waals surface area (Å²) in [6, 6.07) is 19.6. The first-order chi connectivity index (χ1) is 19.4. The summed E-state index contributed by atoms with van der Waals surface area (Å²) < 4.78 is 24.0. The van der Waals surface area contributed by atoms with E-state index in [0.29, 0.717) is 35.9 Å². The molecule has 0 aliphatic heterocycles. The zero-order valence-electron chi connectivity index (χ0n) is 23.8. The first-order valence-electron chi connectivity index (χ1n) is 13.5. The van der Waals surface area contributed by atoms with Gasteiger partial charge in [-0.3, -0.25) is 0 Å². The van der Waals surface area contributed by atoms with Crippen LogP contribution in [0, 0.1) is 13.8 Å². The molecule has 1 atom stereocenters. The molecule has 4 rings (SSSR count). The van der Waals surface area contributed by atoms with Crippen molar-refractivity contribution in [2.45, 2.75) is 33.3 Å². The molecule has 212 valence electrons. The van der Waals surface area contributed by atoms with Crippen LogP contribution in [0.1, 0.15) is 34.1 Å². The number of hydrogen-bond donors (Lipinski definition) is 2. The third-order valence-electron chi connectivity index (χ3n) is 6.81. The maximum Gasteiger partial charge on any atom is 0.340 e. The quantitative estimate of drug-likeness (QED) is 0.180. The number of carbonyl (C=O) groups excluding carboxylic acids is 1. The monoisotopic (exact) mass is 546 g/mol. The number of fused-ring (bicyclic) bond motifs is 1. The molecule has 0 bridgehead atoms. The standard InChI is InChI=1S/C32H38N2O6/c1-6-39-32(36)31-22(3)34(24-10-7-21(2)8-11-24)28-13-12-26(18-27(28)31)40-20-25(35)19-33-16-15-23-9-14-29(37-4)30(17-23)38-5/h7-14,17-18,25,33,35H,6,15-16,19-20H2,1-5H3/t25-/m0/s1. The average molecular weight is 547 g/mol. The Hall–Kier alpha value is -4.01. The van der Waals surface area contributed by atoms with Gasteiger partial charge < -0.3 is 33.9 Å². The highest BCUT2D eigenvalue weighted by Crippen LogP contribution is 2.33. The maximum absolute atomic E-state index is 12.9. The van der Waals surface area contributed by atoms with Gasteiger partial charge in [0.15, 0.2) is 11.5 Å². The van der Waals surface area contributed by atoms with E-state index in [9.17, 15) is 9.90 Å². The fraction of sp³-hybridized carbons (Fsp3) is 0.344. The fourth-order valence-corrected chi connectivity index (χ4v) is 4.76. The van der Waals surface area contributed by atoms with E-state index < -0.39 is 6.10 Å². The van der Waals surface area contributed by atoms with E-state index in [2.05, 4.69) is 9.88 Å². The van der Waals surface area contributed by atoms with Gasteiger partial charge in [0.25, 0.3) is 0 Å². The van der Waals surface area contributed by atoms with Gasteiger partial charge in [0, 0.05) is 23.3 Å². The fourth-order valence-electron chi connectivity index (χ4n) is 4.76. The summed E-state index contributed by atoms with van der Waals surface area (Å²) in [6.07, 6.45) is 0.0722. The summed E-state index contributed by atoms with van der Waals surface area (Å²) in [4.78, 5) is 12.9. The van der Waals surface area contributed by atoms with E-state index in [1.165, 1.54) is 0 Å². The van der Waals surface area contributed by atoms with E-state index >= 15 is 0 Å². The largest absolute Gasteiger partial charge is 0.493 e. The van der Waals surface area contributed by atoms with Crippen LogP contribution < -0.4 is 19.5 Å². The van der Waals surface area contributed by atoms with Crippen LogP contribution in [0.5, 0.6) is 17.2 Å². The highest BCUT2D eigenvalue weighted by molar-refractivity contribution is 6.07. The van der Waals surface area contributed by atoms with Gasteiger partial charge in [-0.1, -0.05) is 23.8 Å². The van der Waals surface area contributed by atoms with E-state index in [4.69, 9.17) is 18.9 Å². The molecule has 2 N–H and O–H groups in total. The summed E-state index contributed by atoms with van der Waals surface area (Å²) in [5, 5.41) is 14.5. The predicted octanol–water partition coefficient (Wildman–Crippen LogP) is 5.01. The topological polar surface area (TPSA) is 91.2 Å². The van der Waals surface area contributed by atoms with Gasteiger partial charge in [0.05, 0.1) is 31.9 Å². The summed E-state index contributed by atoms with van der Waals surface area (Å²) in [6.45, 7) is 7.23. The van der Waals surface area contributed by atoms with Crippen molar-refractivity contribution >= 4 is 16.9 Å². The van der Waals surface area contributed by atoms with Gasteiger partial charge in [-0.15, -0.1) is 0 Å². The molecule has 40 heavy (non-hydrogen) atoms. The summed E-state index contributed by atoms with van der Waals surface area (Å²) in [7, 11) is 3.23. The van der Waals surface area contributed by atoms with E-state index in [1.807, 2.05) is 74.5 Å². The molecule has 0 amide bonds. The lowest BCUT2D eigenvalue weighted by molar-refractivity contribution is 0.0527. The third kappa shape index (κ3) is 6.58. The number of esters is 1. The van der Waals surface area contributed by atoms with Crippen LogP contribution in [-0.4, -0.2) is 62.3 Å². The SMILES string of the molecule is CCOC(=O)c1c(C)n(-c2ccc(C)cc2)c2ccc(OC[C@@H](O)CNCCc3ccc(OC)c(OC)c3)cc12.